The van der Waals surface area contributed by atoms with E-state index in [0.29, 0.717) is 17.1 Å². The molecule has 2 rings (SSSR count). The first-order valence-corrected chi connectivity index (χ1v) is 7.86. The van der Waals surface area contributed by atoms with Crippen molar-refractivity contribution in [3.8, 4) is 0 Å². The predicted molar refractivity (Wildman–Crippen MR) is 90.3 cm³/mol. The van der Waals surface area contributed by atoms with Crippen molar-refractivity contribution in [1.82, 2.24) is 15.6 Å². The van der Waals surface area contributed by atoms with Gasteiger partial charge in [0.15, 0.2) is 0 Å². The second-order valence-electron chi connectivity index (χ2n) is 4.55. The lowest BCUT2D eigenvalue weighted by molar-refractivity contribution is -0.119. The number of carbonyl (C=O) groups is 2. The second kappa shape index (κ2) is 8.75. The van der Waals surface area contributed by atoms with Crippen molar-refractivity contribution in [3.63, 3.8) is 0 Å². The molecule has 2 N–H and O–H groups in total. The Morgan fingerprint density at radius 2 is 1.91 bits per heavy atom. The summed E-state index contributed by atoms with van der Waals surface area (Å²) < 4.78 is 0. The molecule has 1 aromatic heterocycles. The summed E-state index contributed by atoms with van der Waals surface area (Å²) in [4.78, 5) is 29.0. The molecule has 0 saturated heterocycles. The highest BCUT2D eigenvalue weighted by atomic mass is 32.2. The molecule has 5 nitrogen and oxygen atoms in total. The maximum atomic E-state index is 12.3. The molecule has 0 atom stereocenters. The van der Waals surface area contributed by atoms with Crippen LogP contribution in [-0.2, 0) is 4.79 Å². The molecule has 0 bridgehead atoms. The van der Waals surface area contributed by atoms with Gasteiger partial charge >= 0.3 is 0 Å². The largest absolute Gasteiger partial charge is 0.351 e. The van der Waals surface area contributed by atoms with Crippen molar-refractivity contribution in [2.45, 2.75) is 9.92 Å². The molecule has 1 aromatic carbocycles. The Morgan fingerprint density at radius 3 is 2.65 bits per heavy atom. The summed E-state index contributed by atoms with van der Waals surface area (Å²) >= 11 is 1.40. The average molecular weight is 327 g/mol. The third-order valence-electron chi connectivity index (χ3n) is 2.83. The van der Waals surface area contributed by atoms with E-state index in [1.165, 1.54) is 11.8 Å². The minimum atomic E-state index is -0.328. The number of nitrogens with zero attached hydrogens (tertiary/aromatic N) is 1. The molecule has 0 radical (unpaired) electrons. The summed E-state index contributed by atoms with van der Waals surface area (Å²) in [7, 11) is 0. The minimum Gasteiger partial charge on any atom is -0.351 e. The number of hydrogen-bond acceptors (Lipinski definition) is 4. The van der Waals surface area contributed by atoms with Crippen LogP contribution < -0.4 is 10.6 Å². The summed E-state index contributed by atoms with van der Waals surface area (Å²) in [6.45, 7) is 3.80. The highest BCUT2D eigenvalue weighted by molar-refractivity contribution is 7.99. The highest BCUT2D eigenvalue weighted by Gasteiger charge is 2.14. The fourth-order valence-corrected chi connectivity index (χ4v) is 2.65. The molecule has 0 aliphatic heterocycles. The predicted octanol–water partition coefficient (Wildman–Crippen LogP) is 2.26. The molecule has 0 saturated carbocycles. The number of benzene rings is 1. The van der Waals surface area contributed by atoms with Crippen LogP contribution in [0.15, 0.2) is 71.2 Å². The average Bonchev–Trinajstić information content (AvgIpc) is 2.59. The minimum absolute atomic E-state index is 0.0863. The fraction of sp³-hybridized carbons (Fsp3) is 0.118. The molecule has 1 heterocycles. The zero-order valence-corrected chi connectivity index (χ0v) is 13.3. The Morgan fingerprint density at radius 1 is 1.13 bits per heavy atom. The number of carbonyl (C=O) groups excluding carboxylic acids is 2. The van der Waals surface area contributed by atoms with Crippen LogP contribution in [0.5, 0.6) is 0 Å². The first-order valence-electron chi connectivity index (χ1n) is 7.04. The highest BCUT2D eigenvalue weighted by Crippen LogP contribution is 2.28. The maximum absolute atomic E-state index is 12.3. The van der Waals surface area contributed by atoms with Gasteiger partial charge in [-0.2, -0.15) is 0 Å². The maximum Gasteiger partial charge on any atom is 0.254 e. The van der Waals surface area contributed by atoms with E-state index in [2.05, 4.69) is 22.2 Å². The van der Waals surface area contributed by atoms with Gasteiger partial charge in [-0.1, -0.05) is 36.0 Å². The monoisotopic (exact) mass is 327 g/mol. The van der Waals surface area contributed by atoms with Crippen molar-refractivity contribution in [2.75, 3.05) is 13.1 Å². The lowest BCUT2D eigenvalue weighted by Crippen LogP contribution is -2.37. The summed E-state index contributed by atoms with van der Waals surface area (Å²) in [6, 6.07) is 13.1. The van der Waals surface area contributed by atoms with Crippen LogP contribution in [0.3, 0.4) is 0 Å². The summed E-state index contributed by atoms with van der Waals surface area (Å²) in [5.74, 6) is -0.593. The topological polar surface area (TPSA) is 71.1 Å². The normalized spacial score (nSPS) is 9.91. The van der Waals surface area contributed by atoms with Gasteiger partial charge in [-0.05, 0) is 24.3 Å². The molecule has 2 amide bonds. The van der Waals surface area contributed by atoms with E-state index in [4.69, 9.17) is 0 Å². The van der Waals surface area contributed by atoms with Crippen LogP contribution in [0.1, 0.15) is 10.4 Å². The first-order chi connectivity index (χ1) is 11.2. The molecule has 0 spiro atoms. The number of nitrogens with one attached hydrogen (secondary N) is 2. The molecule has 2 aromatic rings. The first kappa shape index (κ1) is 16.8. The van der Waals surface area contributed by atoms with Gasteiger partial charge in [-0.25, -0.2) is 4.98 Å². The van der Waals surface area contributed by atoms with Crippen molar-refractivity contribution >= 4 is 23.6 Å². The number of hydrogen-bond donors (Lipinski definition) is 2. The molecule has 0 aliphatic rings. The van der Waals surface area contributed by atoms with E-state index in [1.807, 2.05) is 30.3 Å². The lowest BCUT2D eigenvalue weighted by Gasteiger charge is -2.09. The van der Waals surface area contributed by atoms with E-state index in [-0.39, 0.29) is 18.4 Å². The summed E-state index contributed by atoms with van der Waals surface area (Å²) in [5.41, 5.74) is 0.442. The third-order valence-corrected chi connectivity index (χ3v) is 3.85. The number of rotatable bonds is 7. The molecule has 0 fully saturated rings. The van der Waals surface area contributed by atoms with Gasteiger partial charge in [0.05, 0.1) is 12.1 Å². The standard InChI is InChI=1S/C17H17N3O2S/c1-2-10-18-15(21)12-20-16(22)14-9-6-11-19-17(14)23-13-7-4-3-5-8-13/h2-9,11H,1,10,12H2,(H,18,21)(H,20,22). The van der Waals surface area contributed by atoms with E-state index < -0.39 is 0 Å². The molecule has 118 valence electrons. The smallest absolute Gasteiger partial charge is 0.254 e. The Kier molecular flexibility index (Phi) is 6.38. The molecule has 6 heteroatoms. The van der Waals surface area contributed by atoms with Gasteiger partial charge in [-0.15, -0.1) is 6.58 Å². The fourth-order valence-electron chi connectivity index (χ4n) is 1.75. The van der Waals surface area contributed by atoms with E-state index in [1.54, 1.807) is 24.4 Å². The van der Waals surface area contributed by atoms with Crippen LogP contribution >= 0.6 is 11.8 Å². The Balaban J connectivity index is 2.03. The molecule has 0 aliphatic carbocycles. The number of pyridine rings is 1. The van der Waals surface area contributed by atoms with Gasteiger partial charge in [-0.3, -0.25) is 9.59 Å². The SMILES string of the molecule is C=CCNC(=O)CNC(=O)c1cccnc1Sc1ccccc1. The van der Waals surface area contributed by atoms with Crippen molar-refractivity contribution < 1.29 is 9.59 Å². The third kappa shape index (κ3) is 5.27. The number of amides is 2. The quantitative estimate of drug-likeness (QED) is 0.765. The molecular formula is C17H17N3O2S. The Bertz CT molecular complexity index is 689. The molecular weight excluding hydrogens is 310 g/mol. The zero-order chi connectivity index (χ0) is 16.5. The van der Waals surface area contributed by atoms with Gasteiger partial charge in [0.25, 0.3) is 5.91 Å². The zero-order valence-electron chi connectivity index (χ0n) is 12.5. The van der Waals surface area contributed by atoms with Crippen molar-refractivity contribution in [1.29, 1.82) is 0 Å². The second-order valence-corrected chi connectivity index (χ2v) is 5.61. The van der Waals surface area contributed by atoms with E-state index >= 15 is 0 Å². The van der Waals surface area contributed by atoms with Crippen LogP contribution in [0.4, 0.5) is 0 Å². The van der Waals surface area contributed by atoms with E-state index in [0.717, 1.165) is 4.90 Å². The van der Waals surface area contributed by atoms with Crippen LogP contribution in [0.2, 0.25) is 0 Å². The van der Waals surface area contributed by atoms with Crippen LogP contribution in [0, 0.1) is 0 Å². The Labute approximate surface area is 139 Å². The lowest BCUT2D eigenvalue weighted by atomic mass is 10.2. The Hall–Kier alpha value is -2.60. The summed E-state index contributed by atoms with van der Waals surface area (Å²) in [6.07, 6.45) is 3.22. The number of aromatic nitrogens is 1. The van der Waals surface area contributed by atoms with Crippen LogP contribution in [-0.4, -0.2) is 29.9 Å². The van der Waals surface area contributed by atoms with Crippen molar-refractivity contribution in [2.24, 2.45) is 0 Å². The van der Waals surface area contributed by atoms with Gasteiger partial charge in [0, 0.05) is 17.6 Å². The van der Waals surface area contributed by atoms with Gasteiger partial charge < -0.3 is 10.6 Å². The molecule has 23 heavy (non-hydrogen) atoms. The van der Waals surface area contributed by atoms with Gasteiger partial charge in [0.2, 0.25) is 5.91 Å². The van der Waals surface area contributed by atoms with Gasteiger partial charge in [0.1, 0.15) is 5.03 Å². The van der Waals surface area contributed by atoms with Crippen LogP contribution in [0.25, 0.3) is 0 Å². The molecule has 0 unspecified atom stereocenters. The van der Waals surface area contributed by atoms with Crippen molar-refractivity contribution in [3.05, 3.63) is 66.9 Å². The summed E-state index contributed by atoms with van der Waals surface area (Å²) in [5, 5.41) is 5.80. The van der Waals surface area contributed by atoms with E-state index in [9.17, 15) is 9.59 Å².